The van der Waals surface area contributed by atoms with Crippen LogP contribution in [0.1, 0.15) is 25.1 Å². The summed E-state index contributed by atoms with van der Waals surface area (Å²) in [5, 5.41) is 9.43. The molecule has 3 nitrogen and oxygen atoms in total. The zero-order valence-corrected chi connectivity index (χ0v) is 8.29. The van der Waals surface area contributed by atoms with Gasteiger partial charge in [-0.2, -0.15) is 0 Å². The third-order valence-corrected chi connectivity index (χ3v) is 1.88. The van der Waals surface area contributed by atoms with Gasteiger partial charge in [-0.3, -0.25) is 4.98 Å². The van der Waals surface area contributed by atoms with E-state index in [2.05, 4.69) is 4.98 Å². The van der Waals surface area contributed by atoms with Gasteiger partial charge in [0.1, 0.15) is 0 Å². The molecule has 1 aromatic heterocycles. The lowest BCUT2D eigenvalue weighted by Crippen LogP contribution is -1.87. The molecule has 0 radical (unpaired) electrons. The van der Waals surface area contributed by atoms with Crippen LogP contribution in [0.25, 0.3) is 0 Å². The summed E-state index contributed by atoms with van der Waals surface area (Å²) < 4.78 is 5.22. The van der Waals surface area contributed by atoms with E-state index in [1.165, 1.54) is 0 Å². The SMILES string of the molecule is CC.Cc1ncc2c(c1O)OCC2. The Labute approximate surface area is 78.4 Å². The van der Waals surface area contributed by atoms with E-state index in [-0.39, 0.29) is 5.75 Å². The lowest BCUT2D eigenvalue weighted by atomic mass is 10.2. The molecule has 1 aliphatic heterocycles. The maximum Gasteiger partial charge on any atom is 0.179 e. The monoisotopic (exact) mass is 181 g/mol. The van der Waals surface area contributed by atoms with Crippen molar-refractivity contribution < 1.29 is 9.84 Å². The fourth-order valence-electron chi connectivity index (χ4n) is 1.21. The van der Waals surface area contributed by atoms with Crippen molar-refractivity contribution in [3.8, 4) is 11.5 Å². The van der Waals surface area contributed by atoms with E-state index in [4.69, 9.17) is 4.74 Å². The fourth-order valence-corrected chi connectivity index (χ4v) is 1.21. The van der Waals surface area contributed by atoms with Crippen molar-refractivity contribution in [1.82, 2.24) is 4.98 Å². The Hall–Kier alpha value is -1.25. The predicted molar refractivity (Wildman–Crippen MR) is 51.2 cm³/mol. The largest absolute Gasteiger partial charge is 0.503 e. The lowest BCUT2D eigenvalue weighted by molar-refractivity contribution is 0.333. The third-order valence-electron chi connectivity index (χ3n) is 1.88. The number of hydrogen-bond donors (Lipinski definition) is 1. The molecular weight excluding hydrogens is 166 g/mol. The van der Waals surface area contributed by atoms with Crippen molar-refractivity contribution in [2.24, 2.45) is 0 Å². The summed E-state index contributed by atoms with van der Waals surface area (Å²) in [7, 11) is 0. The van der Waals surface area contributed by atoms with E-state index in [0.717, 1.165) is 12.0 Å². The minimum absolute atomic E-state index is 0.194. The number of hydrogen-bond acceptors (Lipinski definition) is 3. The Kier molecular flexibility index (Phi) is 3.12. The number of aromatic hydroxyl groups is 1. The van der Waals surface area contributed by atoms with E-state index in [1.807, 2.05) is 13.8 Å². The van der Waals surface area contributed by atoms with Gasteiger partial charge in [0.05, 0.1) is 12.3 Å². The average molecular weight is 181 g/mol. The van der Waals surface area contributed by atoms with Crippen LogP contribution in [0.4, 0.5) is 0 Å². The maximum atomic E-state index is 9.43. The second-order valence-electron chi connectivity index (χ2n) is 2.65. The summed E-state index contributed by atoms with van der Waals surface area (Å²) in [6.07, 6.45) is 2.62. The predicted octanol–water partition coefficient (Wildman–Crippen LogP) is 2.06. The number of rotatable bonds is 0. The van der Waals surface area contributed by atoms with Crippen LogP contribution in [0, 0.1) is 6.92 Å². The van der Waals surface area contributed by atoms with Crippen LogP contribution in [0.2, 0.25) is 0 Å². The second kappa shape index (κ2) is 4.12. The smallest absolute Gasteiger partial charge is 0.179 e. The van der Waals surface area contributed by atoms with Crippen LogP contribution >= 0.6 is 0 Å². The van der Waals surface area contributed by atoms with E-state index < -0.39 is 0 Å². The average Bonchev–Trinajstić information content (AvgIpc) is 2.63. The highest BCUT2D eigenvalue weighted by Crippen LogP contribution is 2.35. The molecule has 0 aromatic carbocycles. The van der Waals surface area contributed by atoms with Crippen LogP contribution < -0.4 is 4.74 Å². The molecule has 72 valence electrons. The second-order valence-corrected chi connectivity index (χ2v) is 2.65. The van der Waals surface area contributed by atoms with Crippen LogP contribution in [-0.2, 0) is 6.42 Å². The molecule has 0 spiro atoms. The first-order valence-corrected chi connectivity index (χ1v) is 4.59. The summed E-state index contributed by atoms with van der Waals surface area (Å²) in [5.74, 6) is 0.817. The van der Waals surface area contributed by atoms with Crippen molar-refractivity contribution in [1.29, 1.82) is 0 Å². The highest BCUT2D eigenvalue weighted by molar-refractivity contribution is 5.48. The first-order chi connectivity index (χ1) is 6.29. The Morgan fingerprint density at radius 2 is 2.15 bits per heavy atom. The molecule has 0 aliphatic carbocycles. The van der Waals surface area contributed by atoms with E-state index in [0.29, 0.717) is 18.1 Å². The van der Waals surface area contributed by atoms with Crippen molar-refractivity contribution in [2.45, 2.75) is 27.2 Å². The number of aromatic nitrogens is 1. The number of nitrogens with zero attached hydrogens (tertiary/aromatic N) is 1. The zero-order chi connectivity index (χ0) is 9.84. The van der Waals surface area contributed by atoms with E-state index in [1.54, 1.807) is 13.1 Å². The number of ether oxygens (including phenoxy) is 1. The van der Waals surface area contributed by atoms with Gasteiger partial charge in [0, 0.05) is 18.2 Å². The fraction of sp³-hybridized carbons (Fsp3) is 0.500. The molecule has 0 saturated carbocycles. The molecule has 0 amide bonds. The van der Waals surface area contributed by atoms with Crippen LogP contribution in [0.15, 0.2) is 6.20 Å². The lowest BCUT2D eigenvalue weighted by Gasteiger charge is -2.02. The van der Waals surface area contributed by atoms with Gasteiger partial charge in [-0.05, 0) is 6.92 Å². The standard InChI is InChI=1S/C8H9NO2.C2H6/c1-5-7(10)8-6(4-9-5)2-3-11-8;1-2/h4,10H,2-3H2,1H3;1-2H3. The molecule has 0 unspecified atom stereocenters. The molecule has 1 aliphatic rings. The van der Waals surface area contributed by atoms with Gasteiger partial charge < -0.3 is 9.84 Å². The molecule has 1 N–H and O–H groups in total. The van der Waals surface area contributed by atoms with Gasteiger partial charge in [0.2, 0.25) is 0 Å². The molecule has 0 saturated heterocycles. The number of pyridine rings is 1. The summed E-state index contributed by atoms with van der Waals surface area (Å²) in [5.41, 5.74) is 1.64. The van der Waals surface area contributed by atoms with Crippen molar-refractivity contribution >= 4 is 0 Å². The van der Waals surface area contributed by atoms with Crippen LogP contribution in [-0.4, -0.2) is 16.7 Å². The van der Waals surface area contributed by atoms with Crippen molar-refractivity contribution in [3.63, 3.8) is 0 Å². The maximum absolute atomic E-state index is 9.43. The summed E-state index contributed by atoms with van der Waals surface area (Å²) in [4.78, 5) is 4.02. The van der Waals surface area contributed by atoms with Crippen molar-refractivity contribution in [3.05, 3.63) is 17.5 Å². The first-order valence-electron chi connectivity index (χ1n) is 4.59. The molecule has 1 aromatic rings. The normalized spacial score (nSPS) is 12.5. The summed E-state index contributed by atoms with van der Waals surface area (Å²) in [6.45, 7) is 6.42. The minimum Gasteiger partial charge on any atom is -0.503 e. The highest BCUT2D eigenvalue weighted by atomic mass is 16.5. The van der Waals surface area contributed by atoms with Crippen molar-refractivity contribution in [2.75, 3.05) is 6.61 Å². The van der Waals surface area contributed by atoms with Gasteiger partial charge in [-0.1, -0.05) is 13.8 Å². The van der Waals surface area contributed by atoms with E-state index >= 15 is 0 Å². The molecule has 0 atom stereocenters. The molecule has 13 heavy (non-hydrogen) atoms. The minimum atomic E-state index is 0.194. The highest BCUT2D eigenvalue weighted by Gasteiger charge is 2.17. The number of fused-ring (bicyclic) bond motifs is 1. The van der Waals surface area contributed by atoms with Gasteiger partial charge in [0.25, 0.3) is 0 Å². The Morgan fingerprint density at radius 3 is 2.85 bits per heavy atom. The Bertz CT molecular complexity index is 297. The molecule has 0 fully saturated rings. The quantitative estimate of drug-likeness (QED) is 0.666. The Balaban J connectivity index is 0.000000396. The topological polar surface area (TPSA) is 42.4 Å². The molecule has 0 bridgehead atoms. The van der Waals surface area contributed by atoms with Gasteiger partial charge in [-0.15, -0.1) is 0 Å². The van der Waals surface area contributed by atoms with Gasteiger partial charge in [-0.25, -0.2) is 0 Å². The van der Waals surface area contributed by atoms with Gasteiger partial charge in [0.15, 0.2) is 11.5 Å². The van der Waals surface area contributed by atoms with Crippen LogP contribution in [0.3, 0.4) is 0 Å². The number of aryl methyl sites for hydroxylation is 1. The molecule has 2 heterocycles. The Morgan fingerprint density at radius 1 is 1.46 bits per heavy atom. The van der Waals surface area contributed by atoms with E-state index in [9.17, 15) is 5.11 Å². The van der Waals surface area contributed by atoms with Gasteiger partial charge >= 0.3 is 0 Å². The molecule has 3 heteroatoms. The zero-order valence-electron chi connectivity index (χ0n) is 8.29. The van der Waals surface area contributed by atoms with Crippen LogP contribution in [0.5, 0.6) is 11.5 Å². The molecule has 2 rings (SSSR count). The molecular formula is C10H15NO2. The summed E-state index contributed by atoms with van der Waals surface area (Å²) >= 11 is 0. The first kappa shape index (κ1) is 9.84. The summed E-state index contributed by atoms with van der Waals surface area (Å²) in [6, 6.07) is 0. The third kappa shape index (κ3) is 1.74.